The van der Waals surface area contributed by atoms with E-state index in [-0.39, 0.29) is 24.0 Å². The van der Waals surface area contributed by atoms with E-state index in [2.05, 4.69) is 15.6 Å². The van der Waals surface area contributed by atoms with Gasteiger partial charge in [0.25, 0.3) is 0 Å². The molecule has 3 N–H and O–H groups in total. The maximum atomic E-state index is 11.7. The van der Waals surface area contributed by atoms with Crippen LogP contribution in [-0.4, -0.2) is 34.2 Å². The number of carboxylic acids is 1. The van der Waals surface area contributed by atoms with Gasteiger partial charge in [-0.15, -0.1) is 0 Å². The molecule has 1 fully saturated rings. The number of nitrogens with zero attached hydrogens (tertiary/aromatic N) is 1. The van der Waals surface area contributed by atoms with Gasteiger partial charge in [0.15, 0.2) is 0 Å². The molecule has 1 aromatic heterocycles. The Bertz CT molecular complexity index is 472. The molecule has 1 atom stereocenters. The number of carboxylic acid groups (broad SMARTS) is 1. The third kappa shape index (κ3) is 3.94. The number of carbonyl (C=O) groups excluding carboxylic acids is 1. The molecular weight excluding hydrogens is 258 g/mol. The van der Waals surface area contributed by atoms with E-state index in [1.54, 1.807) is 6.20 Å². The minimum atomic E-state index is -0.785. The van der Waals surface area contributed by atoms with Crippen molar-refractivity contribution in [3.8, 4) is 0 Å². The number of aliphatic carboxylic acids is 1. The fraction of sp³-hybridized carbons (Fsp3) is 0.500. The molecule has 1 heterocycles. The highest BCUT2D eigenvalue weighted by Crippen LogP contribution is 2.27. The second-order valence-corrected chi connectivity index (χ2v) is 5.25. The van der Waals surface area contributed by atoms with Crippen LogP contribution in [0.4, 0.5) is 4.79 Å². The molecule has 20 heavy (non-hydrogen) atoms. The first kappa shape index (κ1) is 14.3. The van der Waals surface area contributed by atoms with Crippen molar-refractivity contribution in [2.45, 2.75) is 38.3 Å². The normalized spacial score (nSPS) is 22.4. The second-order valence-electron chi connectivity index (χ2n) is 5.25. The van der Waals surface area contributed by atoms with Crippen molar-refractivity contribution in [3.63, 3.8) is 0 Å². The molecule has 1 unspecified atom stereocenters. The zero-order valence-electron chi connectivity index (χ0n) is 11.4. The van der Waals surface area contributed by atoms with Crippen molar-refractivity contribution in [1.82, 2.24) is 15.6 Å². The molecule has 2 rings (SSSR count). The van der Waals surface area contributed by atoms with Gasteiger partial charge in [-0.3, -0.25) is 9.78 Å². The number of aromatic nitrogens is 1. The summed E-state index contributed by atoms with van der Waals surface area (Å²) in [7, 11) is 0. The summed E-state index contributed by atoms with van der Waals surface area (Å²) in [4.78, 5) is 26.6. The molecule has 1 aromatic rings. The molecule has 108 valence electrons. The summed E-state index contributed by atoms with van der Waals surface area (Å²) >= 11 is 0. The van der Waals surface area contributed by atoms with E-state index in [1.807, 2.05) is 25.1 Å². The van der Waals surface area contributed by atoms with Crippen molar-refractivity contribution >= 4 is 12.0 Å². The Balaban J connectivity index is 1.68. The first-order chi connectivity index (χ1) is 9.54. The van der Waals surface area contributed by atoms with Gasteiger partial charge >= 0.3 is 12.0 Å². The lowest BCUT2D eigenvalue weighted by Crippen LogP contribution is -2.51. The second kappa shape index (κ2) is 6.36. The third-order valence-electron chi connectivity index (χ3n) is 3.44. The number of hydrogen-bond acceptors (Lipinski definition) is 3. The summed E-state index contributed by atoms with van der Waals surface area (Å²) in [5.74, 6) is -1.10. The average molecular weight is 277 g/mol. The van der Waals surface area contributed by atoms with Crippen molar-refractivity contribution in [3.05, 3.63) is 30.1 Å². The van der Waals surface area contributed by atoms with Crippen LogP contribution in [-0.2, 0) is 11.2 Å². The maximum Gasteiger partial charge on any atom is 0.315 e. The first-order valence-electron chi connectivity index (χ1n) is 6.74. The smallest absolute Gasteiger partial charge is 0.315 e. The SMILES string of the molecule is CC(Cc1ccccn1)NC(=O)NC1CC(C(=O)O)C1. The Labute approximate surface area is 117 Å². The highest BCUT2D eigenvalue weighted by molar-refractivity contribution is 5.76. The zero-order valence-corrected chi connectivity index (χ0v) is 11.4. The summed E-state index contributed by atoms with van der Waals surface area (Å²) in [6.07, 6.45) is 3.41. The number of rotatable bonds is 5. The van der Waals surface area contributed by atoms with E-state index in [1.165, 1.54) is 0 Å². The predicted molar refractivity (Wildman–Crippen MR) is 73.2 cm³/mol. The minimum absolute atomic E-state index is 0.0275. The molecule has 0 aliphatic heterocycles. The number of amides is 2. The standard InChI is InChI=1S/C14H19N3O3/c1-9(6-11-4-2-3-5-15-11)16-14(20)17-12-7-10(8-12)13(18)19/h2-5,9-10,12H,6-8H2,1H3,(H,18,19)(H2,16,17,20). The maximum absolute atomic E-state index is 11.7. The van der Waals surface area contributed by atoms with E-state index in [0.717, 1.165) is 5.69 Å². The van der Waals surface area contributed by atoms with E-state index >= 15 is 0 Å². The highest BCUT2D eigenvalue weighted by atomic mass is 16.4. The van der Waals surface area contributed by atoms with Crippen LogP contribution in [0.5, 0.6) is 0 Å². The van der Waals surface area contributed by atoms with Crippen LogP contribution >= 0.6 is 0 Å². The van der Waals surface area contributed by atoms with Gasteiger partial charge in [0.2, 0.25) is 0 Å². The van der Waals surface area contributed by atoms with Crippen LogP contribution in [0.3, 0.4) is 0 Å². The Hall–Kier alpha value is -2.11. The largest absolute Gasteiger partial charge is 0.481 e. The molecule has 2 amide bonds. The number of pyridine rings is 1. The molecule has 6 heteroatoms. The van der Waals surface area contributed by atoms with Crippen LogP contribution < -0.4 is 10.6 Å². The summed E-state index contributed by atoms with van der Waals surface area (Å²) < 4.78 is 0. The van der Waals surface area contributed by atoms with Crippen molar-refractivity contribution in [2.75, 3.05) is 0 Å². The third-order valence-corrected chi connectivity index (χ3v) is 3.44. The van der Waals surface area contributed by atoms with Gasteiger partial charge in [-0.25, -0.2) is 4.79 Å². The lowest BCUT2D eigenvalue weighted by atomic mass is 9.80. The van der Waals surface area contributed by atoms with Gasteiger partial charge < -0.3 is 15.7 Å². The number of urea groups is 1. The lowest BCUT2D eigenvalue weighted by molar-refractivity contribution is -0.145. The quantitative estimate of drug-likeness (QED) is 0.753. The first-order valence-corrected chi connectivity index (χ1v) is 6.74. The van der Waals surface area contributed by atoms with Crippen molar-refractivity contribution in [1.29, 1.82) is 0 Å². The zero-order chi connectivity index (χ0) is 14.5. The predicted octanol–water partition coefficient (Wildman–Crippen LogP) is 1.17. The minimum Gasteiger partial charge on any atom is -0.481 e. The fourth-order valence-corrected chi connectivity index (χ4v) is 2.27. The van der Waals surface area contributed by atoms with Crippen molar-refractivity contribution < 1.29 is 14.7 Å². The van der Waals surface area contributed by atoms with Crippen LogP contribution in [0, 0.1) is 5.92 Å². The summed E-state index contributed by atoms with van der Waals surface area (Å²) in [5, 5.41) is 14.4. The molecule has 1 saturated carbocycles. The summed E-state index contributed by atoms with van der Waals surface area (Å²) in [6, 6.07) is 5.37. The van der Waals surface area contributed by atoms with Gasteiger partial charge in [0.05, 0.1) is 5.92 Å². The Morgan fingerprint density at radius 2 is 2.20 bits per heavy atom. The van der Waals surface area contributed by atoms with Gasteiger partial charge in [0.1, 0.15) is 0 Å². The number of carbonyl (C=O) groups is 2. The van der Waals surface area contributed by atoms with Gasteiger partial charge in [-0.05, 0) is 31.9 Å². The molecule has 6 nitrogen and oxygen atoms in total. The Morgan fingerprint density at radius 1 is 1.45 bits per heavy atom. The highest BCUT2D eigenvalue weighted by Gasteiger charge is 2.35. The molecule has 0 aromatic carbocycles. The average Bonchev–Trinajstić information content (AvgIpc) is 2.33. The van der Waals surface area contributed by atoms with Gasteiger partial charge in [0, 0.05) is 30.4 Å². The fourth-order valence-electron chi connectivity index (χ4n) is 2.27. The van der Waals surface area contributed by atoms with Gasteiger partial charge in [-0.2, -0.15) is 0 Å². The molecule has 0 spiro atoms. The number of hydrogen-bond donors (Lipinski definition) is 3. The Morgan fingerprint density at radius 3 is 2.80 bits per heavy atom. The van der Waals surface area contributed by atoms with E-state index in [4.69, 9.17) is 5.11 Å². The molecule has 0 bridgehead atoms. The summed E-state index contributed by atoms with van der Waals surface area (Å²) in [5.41, 5.74) is 0.926. The van der Waals surface area contributed by atoms with Crippen LogP contribution in [0.15, 0.2) is 24.4 Å². The topological polar surface area (TPSA) is 91.3 Å². The molecule has 0 saturated heterocycles. The lowest BCUT2D eigenvalue weighted by Gasteiger charge is -2.33. The van der Waals surface area contributed by atoms with E-state index < -0.39 is 5.97 Å². The van der Waals surface area contributed by atoms with E-state index in [0.29, 0.717) is 19.3 Å². The van der Waals surface area contributed by atoms with Crippen molar-refractivity contribution in [2.24, 2.45) is 5.92 Å². The molecule has 0 radical (unpaired) electrons. The number of nitrogens with one attached hydrogen (secondary N) is 2. The monoisotopic (exact) mass is 277 g/mol. The Kier molecular flexibility index (Phi) is 4.55. The van der Waals surface area contributed by atoms with Gasteiger partial charge in [-0.1, -0.05) is 6.07 Å². The molecular formula is C14H19N3O3. The van der Waals surface area contributed by atoms with E-state index in [9.17, 15) is 9.59 Å². The summed E-state index contributed by atoms with van der Waals surface area (Å²) in [6.45, 7) is 1.91. The van der Waals surface area contributed by atoms with Crippen LogP contribution in [0.1, 0.15) is 25.5 Å². The molecule has 1 aliphatic carbocycles. The van der Waals surface area contributed by atoms with Crippen LogP contribution in [0.25, 0.3) is 0 Å². The van der Waals surface area contributed by atoms with Crippen LogP contribution in [0.2, 0.25) is 0 Å². The molecule has 1 aliphatic rings.